The van der Waals surface area contributed by atoms with E-state index in [1.807, 2.05) is 0 Å². The summed E-state index contributed by atoms with van der Waals surface area (Å²) >= 11 is 5.98. The number of carbonyl (C=O) groups is 2. The molecule has 222 valence electrons. The van der Waals surface area contributed by atoms with E-state index in [4.69, 9.17) is 11.6 Å². The number of halogens is 1. The lowest BCUT2D eigenvalue weighted by molar-refractivity contribution is -0.385. The Hall–Kier alpha value is -3.19. The normalized spacial score (nSPS) is 16.4. The van der Waals surface area contributed by atoms with Gasteiger partial charge in [0.2, 0.25) is 0 Å². The van der Waals surface area contributed by atoms with Gasteiger partial charge in [-0.15, -0.1) is 0 Å². The molecule has 2 aromatic rings. The highest BCUT2D eigenvalue weighted by Gasteiger charge is 2.47. The molecule has 1 fully saturated rings. The van der Waals surface area contributed by atoms with Crippen molar-refractivity contribution in [3.63, 3.8) is 0 Å². The summed E-state index contributed by atoms with van der Waals surface area (Å²) in [5.41, 5.74) is 0.175. The van der Waals surface area contributed by atoms with Crippen molar-refractivity contribution in [2.24, 2.45) is 0 Å². The number of unbranched alkanes of at least 4 members (excludes halogenated alkanes) is 13. The zero-order valence-electron chi connectivity index (χ0n) is 24.2. The Balaban J connectivity index is 1.61. The fraction of sp³-hybridized carbons (Fsp3) is 0.515. The number of hydrogen-bond acceptors (Lipinski definition) is 5. The van der Waals surface area contributed by atoms with E-state index >= 15 is 0 Å². The SMILES string of the molecule is CCCCCCCCCCCCCCCCN1C(=O)C(=O)/C(=C(/O)c2ccc(Cl)cc2)[C@H]1c1ccccc1[N+](=O)[O-]. The number of aliphatic hydroxyl groups is 1. The van der Waals surface area contributed by atoms with Gasteiger partial charge in [0, 0.05) is 23.2 Å². The third kappa shape index (κ3) is 9.15. The van der Waals surface area contributed by atoms with Crippen LogP contribution in [0.4, 0.5) is 5.69 Å². The van der Waals surface area contributed by atoms with Gasteiger partial charge in [-0.25, -0.2) is 0 Å². The molecule has 1 N–H and O–H groups in total. The Morgan fingerprint density at radius 1 is 0.829 bits per heavy atom. The molecule has 1 atom stereocenters. The number of ketones is 1. The van der Waals surface area contributed by atoms with Gasteiger partial charge in [-0.3, -0.25) is 19.7 Å². The number of nitro benzene ring substituents is 1. The highest BCUT2D eigenvalue weighted by molar-refractivity contribution is 6.46. The Bertz CT molecular complexity index is 1190. The molecule has 2 aromatic carbocycles. The van der Waals surface area contributed by atoms with Crippen molar-refractivity contribution in [2.75, 3.05) is 6.54 Å². The molecule has 0 spiro atoms. The molecular weight excluding hydrogens is 540 g/mol. The first-order valence-corrected chi connectivity index (χ1v) is 15.5. The number of aliphatic hydroxyl groups excluding tert-OH is 1. The van der Waals surface area contributed by atoms with Crippen LogP contribution in [-0.4, -0.2) is 33.2 Å². The predicted octanol–water partition coefficient (Wildman–Crippen LogP) is 9.15. The molecule has 1 heterocycles. The van der Waals surface area contributed by atoms with Crippen molar-refractivity contribution >= 4 is 34.7 Å². The van der Waals surface area contributed by atoms with Gasteiger partial charge < -0.3 is 10.0 Å². The molecule has 0 aliphatic carbocycles. The summed E-state index contributed by atoms with van der Waals surface area (Å²) in [6.07, 6.45) is 16.8. The summed E-state index contributed by atoms with van der Waals surface area (Å²) < 4.78 is 0. The van der Waals surface area contributed by atoms with Gasteiger partial charge in [0.25, 0.3) is 17.4 Å². The summed E-state index contributed by atoms with van der Waals surface area (Å²) in [6, 6.07) is 11.3. The summed E-state index contributed by atoms with van der Waals surface area (Å²) in [7, 11) is 0. The minimum atomic E-state index is -1.05. The molecule has 0 bridgehead atoms. The Morgan fingerprint density at radius 3 is 1.88 bits per heavy atom. The molecule has 1 aliphatic rings. The number of para-hydroxylation sites is 1. The molecule has 8 heteroatoms. The summed E-state index contributed by atoms with van der Waals surface area (Å²) in [5, 5.41) is 23.4. The number of amides is 1. The van der Waals surface area contributed by atoms with Crippen molar-refractivity contribution in [1.29, 1.82) is 0 Å². The Morgan fingerprint density at radius 2 is 1.34 bits per heavy atom. The third-order valence-corrected chi connectivity index (χ3v) is 8.09. The highest BCUT2D eigenvalue weighted by atomic mass is 35.5. The van der Waals surface area contributed by atoms with Crippen LogP contribution in [0.3, 0.4) is 0 Å². The molecule has 41 heavy (non-hydrogen) atoms. The van der Waals surface area contributed by atoms with E-state index < -0.39 is 22.7 Å². The lowest BCUT2D eigenvalue weighted by Gasteiger charge is -2.25. The molecule has 0 aromatic heterocycles. The van der Waals surface area contributed by atoms with Crippen molar-refractivity contribution < 1.29 is 19.6 Å². The van der Waals surface area contributed by atoms with Crippen LogP contribution in [0, 0.1) is 10.1 Å². The maximum absolute atomic E-state index is 13.2. The van der Waals surface area contributed by atoms with Crippen LogP contribution in [0.5, 0.6) is 0 Å². The van der Waals surface area contributed by atoms with Crippen LogP contribution in [0.15, 0.2) is 54.1 Å². The standard InChI is InChI=1S/C33H43ClN2O5/c1-2-3-4-5-6-7-8-9-10-11-12-13-14-17-24-35-30(27-18-15-16-19-28(27)36(40)41)29(32(38)33(35)39)31(37)25-20-22-26(34)23-21-25/h15-16,18-23,30,37H,2-14,17,24H2,1H3/b31-29+/t30-/m1/s1. The zero-order valence-corrected chi connectivity index (χ0v) is 24.9. The van der Waals surface area contributed by atoms with Crippen LogP contribution < -0.4 is 0 Å². The van der Waals surface area contributed by atoms with Crippen LogP contribution in [0.2, 0.25) is 5.02 Å². The van der Waals surface area contributed by atoms with Gasteiger partial charge in [-0.05, 0) is 36.8 Å². The van der Waals surface area contributed by atoms with Crippen LogP contribution in [0.1, 0.15) is 114 Å². The lowest BCUT2D eigenvalue weighted by Crippen LogP contribution is -2.31. The second-order valence-electron chi connectivity index (χ2n) is 10.9. The number of rotatable bonds is 18. The van der Waals surface area contributed by atoms with Crippen LogP contribution in [0.25, 0.3) is 5.76 Å². The average Bonchev–Trinajstić information content (AvgIpc) is 3.22. The highest BCUT2D eigenvalue weighted by Crippen LogP contribution is 2.42. The number of benzene rings is 2. The lowest BCUT2D eigenvalue weighted by atomic mass is 9.94. The molecule has 1 aliphatic heterocycles. The van der Waals surface area contributed by atoms with Crippen molar-refractivity contribution in [3.05, 3.63) is 80.4 Å². The van der Waals surface area contributed by atoms with Crippen LogP contribution in [-0.2, 0) is 9.59 Å². The monoisotopic (exact) mass is 582 g/mol. The van der Waals surface area contributed by atoms with Crippen molar-refractivity contribution in [2.45, 2.75) is 103 Å². The summed E-state index contributed by atoms with van der Waals surface area (Å²) in [5.74, 6) is -1.96. The van der Waals surface area contributed by atoms with E-state index in [9.17, 15) is 24.8 Å². The fourth-order valence-electron chi connectivity index (χ4n) is 5.56. The van der Waals surface area contributed by atoms with Gasteiger partial charge in [0.1, 0.15) is 5.76 Å². The van der Waals surface area contributed by atoms with E-state index in [0.717, 1.165) is 19.3 Å². The number of hydrogen-bond donors (Lipinski definition) is 1. The quantitative estimate of drug-likeness (QED) is 0.0471. The Kier molecular flexibility index (Phi) is 13.3. The second-order valence-corrected chi connectivity index (χ2v) is 11.3. The number of likely N-dealkylation sites (tertiary alicyclic amines) is 1. The minimum Gasteiger partial charge on any atom is -0.507 e. The molecule has 0 radical (unpaired) electrons. The number of Topliss-reactive ketones (excluding diaryl/α,β-unsaturated/α-hetero) is 1. The van der Waals surface area contributed by atoms with E-state index in [-0.39, 0.29) is 29.1 Å². The topological polar surface area (TPSA) is 101 Å². The number of carbonyl (C=O) groups excluding carboxylic acids is 2. The molecule has 7 nitrogen and oxygen atoms in total. The van der Waals surface area contributed by atoms with Gasteiger partial charge in [0.15, 0.2) is 0 Å². The molecular formula is C33H43ClN2O5. The molecule has 0 unspecified atom stereocenters. The van der Waals surface area contributed by atoms with E-state index in [1.54, 1.807) is 42.5 Å². The van der Waals surface area contributed by atoms with Gasteiger partial charge >= 0.3 is 0 Å². The molecule has 3 rings (SSSR count). The van der Waals surface area contributed by atoms with Crippen LogP contribution >= 0.6 is 11.6 Å². The summed E-state index contributed by atoms with van der Waals surface area (Å²) in [6.45, 7) is 2.52. The smallest absolute Gasteiger partial charge is 0.295 e. The van der Waals surface area contributed by atoms with E-state index in [2.05, 4.69) is 6.92 Å². The third-order valence-electron chi connectivity index (χ3n) is 7.84. The van der Waals surface area contributed by atoms with Crippen molar-refractivity contribution in [3.8, 4) is 0 Å². The molecule has 1 saturated heterocycles. The molecule has 1 amide bonds. The number of nitrogens with zero attached hydrogens (tertiary/aromatic N) is 2. The average molecular weight is 583 g/mol. The van der Waals surface area contributed by atoms with Gasteiger partial charge in [0.05, 0.1) is 22.1 Å². The predicted molar refractivity (Wildman–Crippen MR) is 164 cm³/mol. The minimum absolute atomic E-state index is 0.142. The molecule has 0 saturated carbocycles. The van der Waals surface area contributed by atoms with E-state index in [1.165, 1.54) is 75.2 Å². The second kappa shape index (κ2) is 16.9. The first-order valence-electron chi connectivity index (χ1n) is 15.1. The van der Waals surface area contributed by atoms with Gasteiger partial charge in [-0.1, -0.05) is 114 Å². The zero-order chi connectivity index (χ0) is 29.6. The fourth-order valence-corrected chi connectivity index (χ4v) is 5.68. The first kappa shape index (κ1) is 32.3. The Labute approximate surface area is 248 Å². The van der Waals surface area contributed by atoms with Crippen molar-refractivity contribution in [1.82, 2.24) is 4.90 Å². The summed E-state index contributed by atoms with van der Waals surface area (Å²) in [4.78, 5) is 39.1. The largest absolute Gasteiger partial charge is 0.507 e. The van der Waals surface area contributed by atoms with Gasteiger partial charge in [-0.2, -0.15) is 0 Å². The maximum Gasteiger partial charge on any atom is 0.295 e. The van der Waals surface area contributed by atoms with E-state index in [0.29, 0.717) is 17.0 Å². The maximum atomic E-state index is 13.2. The first-order chi connectivity index (χ1) is 19.9. The number of nitro groups is 1.